The number of carbonyl (C=O) groups is 1. The molecule has 1 N–H and O–H groups in total. The summed E-state index contributed by atoms with van der Waals surface area (Å²) in [4.78, 5) is 17.0. The molecule has 0 spiro atoms. The van der Waals surface area contributed by atoms with Crippen LogP contribution in [0.15, 0.2) is 53.7 Å². The van der Waals surface area contributed by atoms with E-state index in [0.717, 1.165) is 34.4 Å². The molecular formula is C20H19N7OS. The van der Waals surface area contributed by atoms with Gasteiger partial charge < -0.3 is 9.13 Å². The van der Waals surface area contributed by atoms with Gasteiger partial charge in [-0.2, -0.15) is 0 Å². The molecular weight excluding hydrogens is 386 g/mol. The molecule has 9 heteroatoms. The molecule has 5 aromatic rings. The van der Waals surface area contributed by atoms with Crippen LogP contribution in [-0.2, 0) is 18.4 Å². The topological polar surface area (TPSA) is 82.0 Å². The Morgan fingerprint density at radius 3 is 2.52 bits per heavy atom. The molecule has 2 aromatic carbocycles. The van der Waals surface area contributed by atoms with E-state index in [0.29, 0.717) is 11.1 Å². The maximum absolute atomic E-state index is 12.5. The Bertz CT molecular complexity index is 1360. The molecule has 3 heterocycles. The van der Waals surface area contributed by atoms with E-state index in [9.17, 15) is 4.79 Å². The second-order valence-corrected chi connectivity index (χ2v) is 7.61. The molecule has 0 fully saturated rings. The van der Waals surface area contributed by atoms with Gasteiger partial charge in [0.25, 0.3) is 0 Å². The number of thioether (sulfide) groups is 1. The maximum atomic E-state index is 12.5. The van der Waals surface area contributed by atoms with E-state index in [4.69, 9.17) is 0 Å². The Labute approximate surface area is 170 Å². The number of benzene rings is 2. The van der Waals surface area contributed by atoms with Gasteiger partial charge in [0.15, 0.2) is 5.16 Å². The lowest BCUT2D eigenvalue weighted by Crippen LogP contribution is -2.17. The van der Waals surface area contributed by atoms with Gasteiger partial charge in [0, 0.05) is 13.6 Å². The Morgan fingerprint density at radius 1 is 1.03 bits per heavy atom. The van der Waals surface area contributed by atoms with Crippen molar-refractivity contribution in [1.29, 1.82) is 0 Å². The van der Waals surface area contributed by atoms with Crippen LogP contribution in [0.5, 0.6) is 0 Å². The highest BCUT2D eigenvalue weighted by molar-refractivity contribution is 7.99. The Morgan fingerprint density at radius 2 is 1.76 bits per heavy atom. The third-order valence-electron chi connectivity index (χ3n) is 4.96. The lowest BCUT2D eigenvalue weighted by atomic mass is 10.3. The number of nitrogens with one attached hydrogen (secondary N) is 1. The molecule has 8 nitrogen and oxygen atoms in total. The molecule has 0 atom stereocenters. The molecule has 0 radical (unpaired) electrons. The molecule has 0 bridgehead atoms. The van der Waals surface area contributed by atoms with Gasteiger partial charge in [-0.3, -0.25) is 14.5 Å². The van der Waals surface area contributed by atoms with Crippen LogP contribution in [0, 0.1) is 0 Å². The van der Waals surface area contributed by atoms with Crippen molar-refractivity contribution >= 4 is 51.5 Å². The van der Waals surface area contributed by atoms with E-state index >= 15 is 0 Å². The Kier molecular flexibility index (Phi) is 4.24. The molecule has 3 aromatic heterocycles. The fraction of sp³-hybridized carbons (Fsp3) is 0.200. The molecule has 0 saturated carbocycles. The third-order valence-corrected chi connectivity index (χ3v) is 5.89. The molecule has 0 saturated heterocycles. The summed E-state index contributed by atoms with van der Waals surface area (Å²) in [6, 6.07) is 15.9. The first-order valence-electron chi connectivity index (χ1n) is 9.34. The molecule has 29 heavy (non-hydrogen) atoms. The van der Waals surface area contributed by atoms with Crippen molar-refractivity contribution in [2.75, 3.05) is 11.1 Å². The summed E-state index contributed by atoms with van der Waals surface area (Å²) in [5.41, 5.74) is 3.96. The third kappa shape index (κ3) is 2.85. The number of nitrogens with zero attached hydrogens (tertiary/aromatic N) is 6. The summed E-state index contributed by atoms with van der Waals surface area (Å²) in [5, 5.41) is 12.2. The zero-order valence-electron chi connectivity index (χ0n) is 16.0. The highest BCUT2D eigenvalue weighted by Gasteiger charge is 2.17. The Balaban J connectivity index is 1.39. The minimum Gasteiger partial charge on any atom is -0.313 e. The fourth-order valence-electron chi connectivity index (χ4n) is 3.59. The number of para-hydroxylation sites is 4. The number of carbonyl (C=O) groups excluding carboxylic acids is 1. The summed E-state index contributed by atoms with van der Waals surface area (Å²) in [6.07, 6.45) is 0. The Hall–Kier alpha value is -3.33. The zero-order valence-corrected chi connectivity index (χ0v) is 16.8. The van der Waals surface area contributed by atoms with E-state index in [2.05, 4.69) is 38.1 Å². The predicted molar refractivity (Wildman–Crippen MR) is 114 cm³/mol. The first-order valence-corrected chi connectivity index (χ1v) is 10.3. The first-order chi connectivity index (χ1) is 14.2. The van der Waals surface area contributed by atoms with Crippen LogP contribution >= 0.6 is 11.8 Å². The number of rotatable bonds is 5. The maximum Gasteiger partial charge on any atom is 0.237 e. The molecule has 5 rings (SSSR count). The fourth-order valence-corrected chi connectivity index (χ4v) is 4.33. The van der Waals surface area contributed by atoms with Gasteiger partial charge in [0.05, 0.1) is 27.8 Å². The standard InChI is InChI=1S/C20H19N7OS/c1-3-26-15-10-6-7-11-16(15)27-19(26)23-24-20(27)29-12-17(28)22-18-21-13-8-4-5-9-14(13)25(18)2/h4-11H,3,12H2,1-2H3,(H,21,22,28). The van der Waals surface area contributed by atoms with Gasteiger partial charge in [-0.25, -0.2) is 4.98 Å². The van der Waals surface area contributed by atoms with Crippen molar-refractivity contribution in [3.63, 3.8) is 0 Å². The molecule has 146 valence electrons. The van der Waals surface area contributed by atoms with E-state index in [1.54, 1.807) is 0 Å². The van der Waals surface area contributed by atoms with Crippen LogP contribution < -0.4 is 5.32 Å². The SMILES string of the molecule is CCn1c2ccccc2n2c(SCC(=O)Nc3nc4ccccc4n3C)nnc12. The van der Waals surface area contributed by atoms with Crippen LogP contribution in [-0.4, -0.2) is 40.4 Å². The smallest absolute Gasteiger partial charge is 0.237 e. The van der Waals surface area contributed by atoms with Gasteiger partial charge >= 0.3 is 0 Å². The largest absolute Gasteiger partial charge is 0.313 e. The molecule has 0 aliphatic carbocycles. The highest BCUT2D eigenvalue weighted by atomic mass is 32.2. The summed E-state index contributed by atoms with van der Waals surface area (Å²) < 4.78 is 6.00. The van der Waals surface area contributed by atoms with Crippen LogP contribution in [0.3, 0.4) is 0 Å². The van der Waals surface area contributed by atoms with Crippen molar-refractivity contribution in [2.45, 2.75) is 18.6 Å². The van der Waals surface area contributed by atoms with E-state index < -0.39 is 0 Å². The van der Waals surface area contributed by atoms with Crippen LogP contribution in [0.2, 0.25) is 0 Å². The number of imidazole rings is 2. The lowest BCUT2D eigenvalue weighted by Gasteiger charge is -2.04. The monoisotopic (exact) mass is 405 g/mol. The quantitative estimate of drug-likeness (QED) is 0.454. The number of fused-ring (bicyclic) bond motifs is 4. The van der Waals surface area contributed by atoms with E-state index in [1.165, 1.54) is 11.8 Å². The number of hydrogen-bond acceptors (Lipinski definition) is 5. The van der Waals surface area contributed by atoms with Gasteiger partial charge in [0.2, 0.25) is 17.6 Å². The molecule has 0 aliphatic heterocycles. The predicted octanol–water partition coefficient (Wildman–Crippen LogP) is 3.32. The van der Waals surface area contributed by atoms with Crippen LogP contribution in [0.1, 0.15) is 6.92 Å². The van der Waals surface area contributed by atoms with Gasteiger partial charge in [-0.1, -0.05) is 36.0 Å². The normalized spacial score (nSPS) is 11.7. The molecule has 0 aliphatic rings. The van der Waals surface area contributed by atoms with Crippen molar-refractivity contribution in [3.05, 3.63) is 48.5 Å². The van der Waals surface area contributed by atoms with E-state index in [-0.39, 0.29) is 11.7 Å². The van der Waals surface area contributed by atoms with Crippen molar-refractivity contribution in [3.8, 4) is 0 Å². The van der Waals surface area contributed by atoms with Crippen molar-refractivity contribution in [1.82, 2.24) is 28.7 Å². The van der Waals surface area contributed by atoms with Crippen molar-refractivity contribution < 1.29 is 4.79 Å². The number of anilines is 1. The lowest BCUT2D eigenvalue weighted by molar-refractivity contribution is -0.113. The minimum absolute atomic E-state index is 0.135. The second kappa shape index (κ2) is 6.93. The average molecular weight is 405 g/mol. The van der Waals surface area contributed by atoms with Gasteiger partial charge in [-0.05, 0) is 31.2 Å². The summed E-state index contributed by atoms with van der Waals surface area (Å²) in [7, 11) is 1.89. The van der Waals surface area contributed by atoms with Crippen molar-refractivity contribution in [2.24, 2.45) is 7.05 Å². The van der Waals surface area contributed by atoms with E-state index in [1.807, 2.05) is 58.5 Å². The summed E-state index contributed by atoms with van der Waals surface area (Å²) in [6.45, 7) is 2.88. The summed E-state index contributed by atoms with van der Waals surface area (Å²) in [5.74, 6) is 1.40. The van der Waals surface area contributed by atoms with Gasteiger partial charge in [-0.15, -0.1) is 10.2 Å². The average Bonchev–Trinajstić information content (AvgIpc) is 3.38. The summed E-state index contributed by atoms with van der Waals surface area (Å²) >= 11 is 1.36. The first kappa shape index (κ1) is 17.7. The number of hydrogen-bond donors (Lipinski definition) is 1. The minimum atomic E-state index is -0.135. The number of amides is 1. The molecule has 1 amide bonds. The van der Waals surface area contributed by atoms with Crippen LogP contribution in [0.25, 0.3) is 27.8 Å². The second-order valence-electron chi connectivity index (χ2n) is 6.67. The van der Waals surface area contributed by atoms with Crippen LogP contribution in [0.4, 0.5) is 5.95 Å². The molecule has 0 unspecified atom stereocenters. The van der Waals surface area contributed by atoms with Gasteiger partial charge in [0.1, 0.15) is 0 Å². The number of aromatic nitrogens is 6. The zero-order chi connectivity index (χ0) is 20.0. The highest BCUT2D eigenvalue weighted by Crippen LogP contribution is 2.26. The number of aryl methyl sites for hydroxylation is 2.